The largest absolute Gasteiger partial charge is 0.443 e. The normalized spacial score (nSPS) is 11.7. The molecule has 0 aliphatic carbocycles. The first-order chi connectivity index (χ1) is 12.6. The average Bonchev–Trinajstić information content (AvgIpc) is 3.16. The molecule has 0 saturated heterocycles. The topological polar surface area (TPSA) is 44.1 Å². The lowest BCUT2D eigenvalue weighted by Crippen LogP contribution is -2.33. The molecule has 0 aliphatic heterocycles. The van der Waals surface area contributed by atoms with Gasteiger partial charge in [0, 0.05) is 12.4 Å². The average molecular weight is 365 g/mol. The second-order valence-electron chi connectivity index (χ2n) is 7.82. The van der Waals surface area contributed by atoms with Gasteiger partial charge < -0.3 is 4.74 Å². The molecule has 0 unspecified atom stereocenters. The van der Waals surface area contributed by atoms with E-state index in [1.807, 2.05) is 0 Å². The summed E-state index contributed by atoms with van der Waals surface area (Å²) < 4.78 is 7.35. The summed E-state index contributed by atoms with van der Waals surface area (Å²) in [6.45, 7) is 6.60. The van der Waals surface area contributed by atoms with E-state index >= 15 is 0 Å². The fourth-order valence-electron chi connectivity index (χ4n) is 3.42. The van der Waals surface area contributed by atoms with Crippen molar-refractivity contribution in [3.63, 3.8) is 0 Å². The van der Waals surface area contributed by atoms with Gasteiger partial charge in [-0.1, -0.05) is 78.1 Å². The van der Waals surface area contributed by atoms with Gasteiger partial charge in [-0.3, -0.25) is 0 Å². The van der Waals surface area contributed by atoms with Gasteiger partial charge in [0.25, 0.3) is 0 Å². The fourth-order valence-corrected chi connectivity index (χ4v) is 3.42. The van der Waals surface area contributed by atoms with Crippen LogP contribution in [-0.4, -0.2) is 21.2 Å². The van der Waals surface area contributed by atoms with Crippen LogP contribution in [0.25, 0.3) is 0 Å². The lowest BCUT2D eigenvalue weighted by molar-refractivity contribution is 0.00903. The number of rotatable bonds is 15. The van der Waals surface area contributed by atoms with Crippen molar-refractivity contribution >= 4 is 6.09 Å². The Labute approximate surface area is 160 Å². The van der Waals surface area contributed by atoms with E-state index in [2.05, 4.69) is 25.8 Å². The molecule has 0 amide bonds. The first kappa shape index (κ1) is 22.7. The van der Waals surface area contributed by atoms with Crippen LogP contribution in [0, 0.1) is 0 Å². The van der Waals surface area contributed by atoms with E-state index in [1.165, 1.54) is 75.1 Å². The first-order valence-corrected chi connectivity index (χ1v) is 10.8. The first-order valence-electron chi connectivity index (χ1n) is 10.8. The summed E-state index contributed by atoms with van der Waals surface area (Å²) in [4.78, 5) is 16.3. The third-order valence-corrected chi connectivity index (χ3v) is 5.17. The van der Waals surface area contributed by atoms with Gasteiger partial charge >= 0.3 is 6.09 Å². The Morgan fingerprint density at radius 3 is 1.85 bits per heavy atom. The number of ether oxygens (including phenoxy) is 1. The Balaban J connectivity index is 2.43. The van der Waals surface area contributed by atoms with Gasteiger partial charge in [-0.15, -0.1) is 0 Å². The maximum absolute atomic E-state index is 12.4. The maximum atomic E-state index is 12.4. The predicted molar refractivity (Wildman–Crippen MR) is 108 cm³/mol. The van der Waals surface area contributed by atoms with Crippen molar-refractivity contribution in [3.05, 3.63) is 18.7 Å². The van der Waals surface area contributed by atoms with Crippen molar-refractivity contribution in [2.75, 3.05) is 0 Å². The van der Waals surface area contributed by atoms with Crippen molar-refractivity contribution in [3.8, 4) is 0 Å². The minimum Gasteiger partial charge on any atom is -0.443 e. The van der Waals surface area contributed by atoms with Gasteiger partial charge in [0.15, 0.2) is 0 Å². The second kappa shape index (κ2) is 13.8. The van der Waals surface area contributed by atoms with Gasteiger partial charge in [-0.2, -0.15) is 0 Å². The van der Waals surface area contributed by atoms with Crippen molar-refractivity contribution in [2.45, 2.75) is 116 Å². The number of hydrogen-bond acceptors (Lipinski definition) is 3. The minimum atomic E-state index is -0.364. The molecule has 0 radical (unpaired) electrons. The van der Waals surface area contributed by atoms with E-state index in [4.69, 9.17) is 4.74 Å². The van der Waals surface area contributed by atoms with Gasteiger partial charge in [-0.05, 0) is 32.6 Å². The summed E-state index contributed by atoms with van der Waals surface area (Å²) in [5.41, 5.74) is -0.364. The smallest absolute Gasteiger partial charge is 0.419 e. The zero-order valence-electron chi connectivity index (χ0n) is 17.3. The molecule has 1 aromatic rings. The van der Waals surface area contributed by atoms with Crippen LogP contribution in [0.2, 0.25) is 0 Å². The Hall–Kier alpha value is -1.32. The van der Waals surface area contributed by atoms with Crippen LogP contribution in [0.1, 0.15) is 111 Å². The molecule has 0 aromatic carbocycles. The summed E-state index contributed by atoms with van der Waals surface area (Å²) in [6, 6.07) is 0. The van der Waals surface area contributed by atoms with E-state index in [0.717, 1.165) is 25.7 Å². The van der Waals surface area contributed by atoms with Crippen molar-refractivity contribution in [2.24, 2.45) is 0 Å². The quantitative estimate of drug-likeness (QED) is 0.311. The summed E-state index contributed by atoms with van der Waals surface area (Å²) in [5, 5.41) is 0. The Kier molecular flexibility index (Phi) is 12.1. The molecule has 4 nitrogen and oxygen atoms in total. The van der Waals surface area contributed by atoms with Crippen LogP contribution in [0.3, 0.4) is 0 Å². The molecular weight excluding hydrogens is 324 g/mol. The molecule has 0 bridgehead atoms. The predicted octanol–water partition coefficient (Wildman–Crippen LogP) is 7.13. The highest BCUT2D eigenvalue weighted by Gasteiger charge is 2.28. The van der Waals surface area contributed by atoms with Crippen molar-refractivity contribution in [1.82, 2.24) is 9.55 Å². The van der Waals surface area contributed by atoms with Crippen molar-refractivity contribution < 1.29 is 9.53 Å². The Morgan fingerprint density at radius 1 is 0.885 bits per heavy atom. The summed E-state index contributed by atoms with van der Waals surface area (Å²) >= 11 is 0. The Bertz CT molecular complexity index is 441. The molecule has 0 atom stereocenters. The molecule has 26 heavy (non-hydrogen) atoms. The highest BCUT2D eigenvalue weighted by atomic mass is 16.6. The van der Waals surface area contributed by atoms with Crippen LogP contribution in [0.5, 0.6) is 0 Å². The lowest BCUT2D eigenvalue weighted by atomic mass is 9.91. The van der Waals surface area contributed by atoms with E-state index in [-0.39, 0.29) is 11.7 Å². The van der Waals surface area contributed by atoms with Crippen molar-refractivity contribution in [1.29, 1.82) is 0 Å². The standard InChI is InChI=1S/C22H40N2O2/c1-4-6-8-10-12-14-16-22(3,17-15-13-11-9-7-5-2)26-21(25)24-19-18-23-20-24/h18-20H,4-17H2,1-3H3. The summed E-state index contributed by atoms with van der Waals surface area (Å²) in [5.74, 6) is 0. The molecule has 0 aliphatic rings. The van der Waals surface area contributed by atoms with Gasteiger partial charge in [0.2, 0.25) is 0 Å². The number of nitrogens with zero attached hydrogens (tertiary/aromatic N) is 2. The fraction of sp³-hybridized carbons (Fsp3) is 0.818. The zero-order valence-corrected chi connectivity index (χ0v) is 17.3. The number of carbonyl (C=O) groups is 1. The molecule has 0 saturated carbocycles. The second-order valence-corrected chi connectivity index (χ2v) is 7.82. The lowest BCUT2D eigenvalue weighted by Gasteiger charge is -2.30. The highest BCUT2D eigenvalue weighted by molar-refractivity contribution is 5.70. The zero-order chi connectivity index (χ0) is 19.1. The minimum absolute atomic E-state index is 0.304. The molecule has 1 aromatic heterocycles. The van der Waals surface area contributed by atoms with Crippen LogP contribution in [-0.2, 0) is 4.74 Å². The van der Waals surface area contributed by atoms with Crippen LogP contribution in [0.4, 0.5) is 4.79 Å². The molecule has 0 N–H and O–H groups in total. The maximum Gasteiger partial charge on any atom is 0.419 e. The highest BCUT2D eigenvalue weighted by Crippen LogP contribution is 2.27. The van der Waals surface area contributed by atoms with E-state index in [1.54, 1.807) is 12.4 Å². The van der Waals surface area contributed by atoms with E-state index in [9.17, 15) is 4.79 Å². The molecule has 0 fully saturated rings. The third-order valence-electron chi connectivity index (χ3n) is 5.17. The summed E-state index contributed by atoms with van der Waals surface area (Å²) in [7, 11) is 0. The van der Waals surface area contributed by atoms with Crippen LogP contribution >= 0.6 is 0 Å². The van der Waals surface area contributed by atoms with Crippen LogP contribution in [0.15, 0.2) is 18.7 Å². The molecular formula is C22H40N2O2. The third kappa shape index (κ3) is 9.98. The van der Waals surface area contributed by atoms with Gasteiger partial charge in [0.05, 0.1) is 0 Å². The molecule has 0 spiro atoms. The number of hydrogen-bond donors (Lipinski definition) is 0. The number of carbonyl (C=O) groups excluding carboxylic acids is 1. The number of imidazole rings is 1. The number of aromatic nitrogens is 2. The van der Waals surface area contributed by atoms with Gasteiger partial charge in [0.1, 0.15) is 11.9 Å². The molecule has 150 valence electrons. The monoisotopic (exact) mass is 364 g/mol. The molecule has 1 rings (SSSR count). The van der Waals surface area contributed by atoms with Gasteiger partial charge in [-0.25, -0.2) is 14.3 Å². The van der Waals surface area contributed by atoms with E-state index < -0.39 is 0 Å². The molecule has 4 heteroatoms. The number of unbranched alkanes of at least 4 members (excludes halogenated alkanes) is 10. The van der Waals surface area contributed by atoms with Crippen LogP contribution < -0.4 is 0 Å². The SMILES string of the molecule is CCCCCCCCC(C)(CCCCCCCC)OC(=O)n1ccnc1. The summed E-state index contributed by atoms with van der Waals surface area (Å²) in [6.07, 6.45) is 21.5. The Morgan fingerprint density at radius 2 is 1.38 bits per heavy atom. The molecule has 1 heterocycles. The van der Waals surface area contributed by atoms with E-state index in [0.29, 0.717) is 0 Å².